The van der Waals surface area contributed by atoms with Crippen molar-refractivity contribution >= 4 is 52.4 Å². The molecule has 0 heterocycles. The second kappa shape index (κ2) is 9.91. The summed E-state index contributed by atoms with van der Waals surface area (Å²) in [5.74, 6) is -1.66. The first-order valence-corrected chi connectivity index (χ1v) is 9.57. The number of carbonyl (C=O) groups is 3. The van der Waals surface area contributed by atoms with Crippen LogP contribution in [0, 0.1) is 0 Å². The third-order valence-corrected chi connectivity index (χ3v) is 4.71. The van der Waals surface area contributed by atoms with E-state index in [-0.39, 0.29) is 22.2 Å². The molecular formula is C22H16Cl2N2O4. The van der Waals surface area contributed by atoms with Crippen molar-refractivity contribution < 1.29 is 19.1 Å². The van der Waals surface area contributed by atoms with Gasteiger partial charge in [-0.15, -0.1) is 0 Å². The van der Waals surface area contributed by atoms with E-state index >= 15 is 0 Å². The molecule has 0 radical (unpaired) electrons. The van der Waals surface area contributed by atoms with Crippen molar-refractivity contribution in [2.75, 3.05) is 17.2 Å². The molecule has 0 aliphatic carbocycles. The molecule has 8 heteroatoms. The van der Waals surface area contributed by atoms with Crippen LogP contribution in [-0.4, -0.2) is 24.4 Å². The Morgan fingerprint density at radius 2 is 1.50 bits per heavy atom. The molecule has 0 aromatic heterocycles. The molecule has 0 bridgehead atoms. The van der Waals surface area contributed by atoms with Crippen LogP contribution in [0.15, 0.2) is 72.8 Å². The Labute approximate surface area is 182 Å². The van der Waals surface area contributed by atoms with E-state index in [4.69, 9.17) is 27.9 Å². The molecule has 3 rings (SSSR count). The minimum absolute atomic E-state index is 0.129. The van der Waals surface area contributed by atoms with E-state index in [0.29, 0.717) is 16.3 Å². The molecule has 0 saturated heterocycles. The van der Waals surface area contributed by atoms with Gasteiger partial charge in [0.1, 0.15) is 0 Å². The van der Waals surface area contributed by atoms with E-state index in [0.717, 1.165) is 0 Å². The first-order valence-electron chi connectivity index (χ1n) is 8.81. The van der Waals surface area contributed by atoms with E-state index < -0.39 is 18.5 Å². The molecule has 0 saturated carbocycles. The molecule has 0 spiro atoms. The lowest BCUT2D eigenvalue weighted by atomic mass is 10.1. The van der Waals surface area contributed by atoms with Crippen molar-refractivity contribution in [1.82, 2.24) is 0 Å². The topological polar surface area (TPSA) is 84.5 Å². The summed E-state index contributed by atoms with van der Waals surface area (Å²) in [7, 11) is 0. The predicted octanol–water partition coefficient (Wildman–Crippen LogP) is 5.04. The molecule has 2 amide bonds. The van der Waals surface area contributed by atoms with Crippen LogP contribution in [0.3, 0.4) is 0 Å². The van der Waals surface area contributed by atoms with Gasteiger partial charge in [-0.05, 0) is 42.5 Å². The van der Waals surface area contributed by atoms with E-state index in [1.54, 1.807) is 54.6 Å². The Kier molecular flexibility index (Phi) is 7.06. The molecule has 6 nitrogen and oxygen atoms in total. The number of rotatable bonds is 6. The summed E-state index contributed by atoms with van der Waals surface area (Å²) in [5.41, 5.74) is 1.27. The Balaban J connectivity index is 1.62. The second-order valence-electron chi connectivity index (χ2n) is 6.12. The Morgan fingerprint density at radius 3 is 2.23 bits per heavy atom. The molecule has 0 aliphatic heterocycles. The van der Waals surface area contributed by atoms with Gasteiger partial charge in [0.15, 0.2) is 6.61 Å². The SMILES string of the molecule is O=C(COC(=O)c1ccccc1NC(=O)c1ccccc1)Nc1ccc(Cl)c(Cl)c1. The molecule has 0 atom stereocenters. The van der Waals surface area contributed by atoms with Gasteiger partial charge in [0.05, 0.1) is 21.3 Å². The molecule has 0 unspecified atom stereocenters. The van der Waals surface area contributed by atoms with E-state index in [9.17, 15) is 14.4 Å². The molecule has 30 heavy (non-hydrogen) atoms. The fourth-order valence-corrected chi connectivity index (χ4v) is 2.83. The number of ether oxygens (including phenoxy) is 1. The van der Waals surface area contributed by atoms with E-state index in [2.05, 4.69) is 10.6 Å². The molecule has 0 aliphatic rings. The van der Waals surface area contributed by atoms with Crippen molar-refractivity contribution in [2.24, 2.45) is 0 Å². The van der Waals surface area contributed by atoms with Crippen molar-refractivity contribution in [1.29, 1.82) is 0 Å². The van der Waals surface area contributed by atoms with E-state index in [1.165, 1.54) is 18.2 Å². The first-order chi connectivity index (χ1) is 14.4. The fourth-order valence-electron chi connectivity index (χ4n) is 2.53. The van der Waals surface area contributed by atoms with Crippen LogP contribution >= 0.6 is 23.2 Å². The second-order valence-corrected chi connectivity index (χ2v) is 6.93. The molecule has 2 N–H and O–H groups in total. The maximum atomic E-state index is 12.4. The van der Waals surface area contributed by atoms with Gasteiger partial charge in [-0.1, -0.05) is 53.5 Å². The Bertz CT molecular complexity index is 1090. The lowest BCUT2D eigenvalue weighted by Crippen LogP contribution is -2.22. The number of para-hydroxylation sites is 1. The molecule has 3 aromatic carbocycles. The summed E-state index contributed by atoms with van der Waals surface area (Å²) in [5, 5.41) is 5.88. The van der Waals surface area contributed by atoms with Gasteiger partial charge in [0.2, 0.25) is 0 Å². The number of halogens is 2. The third-order valence-electron chi connectivity index (χ3n) is 3.97. The fraction of sp³-hybridized carbons (Fsp3) is 0.0455. The quantitative estimate of drug-likeness (QED) is 0.523. The summed E-state index contributed by atoms with van der Waals surface area (Å²) in [4.78, 5) is 36.9. The summed E-state index contributed by atoms with van der Waals surface area (Å²) < 4.78 is 5.08. The Morgan fingerprint density at radius 1 is 0.800 bits per heavy atom. The molecule has 152 valence electrons. The average Bonchev–Trinajstić information content (AvgIpc) is 2.75. The van der Waals surface area contributed by atoms with Gasteiger partial charge in [-0.2, -0.15) is 0 Å². The zero-order valence-corrected chi connectivity index (χ0v) is 17.0. The number of nitrogens with one attached hydrogen (secondary N) is 2. The number of esters is 1. The lowest BCUT2D eigenvalue weighted by Gasteiger charge is -2.11. The standard InChI is InChI=1S/C22H16Cl2N2O4/c23-17-11-10-15(12-18(17)24)25-20(27)13-30-22(29)16-8-4-5-9-19(16)26-21(28)14-6-2-1-3-7-14/h1-12H,13H2,(H,25,27)(H,26,28). The summed E-state index contributed by atoms with van der Waals surface area (Å²) >= 11 is 11.7. The molecule has 0 fully saturated rings. The van der Waals surface area contributed by atoms with Crippen LogP contribution in [0.2, 0.25) is 10.0 Å². The van der Waals surface area contributed by atoms with Gasteiger partial charge >= 0.3 is 5.97 Å². The number of hydrogen-bond donors (Lipinski definition) is 2. The van der Waals surface area contributed by atoms with Crippen LogP contribution in [0.1, 0.15) is 20.7 Å². The van der Waals surface area contributed by atoms with Gasteiger partial charge in [-0.25, -0.2) is 4.79 Å². The number of carbonyl (C=O) groups excluding carboxylic acids is 3. The summed E-state index contributed by atoms with van der Waals surface area (Å²) in [6.07, 6.45) is 0. The maximum absolute atomic E-state index is 12.4. The van der Waals surface area contributed by atoms with Gasteiger partial charge < -0.3 is 15.4 Å². The highest BCUT2D eigenvalue weighted by atomic mass is 35.5. The van der Waals surface area contributed by atoms with Crippen LogP contribution in [-0.2, 0) is 9.53 Å². The van der Waals surface area contributed by atoms with Crippen LogP contribution in [0.5, 0.6) is 0 Å². The minimum atomic E-state index is -0.747. The number of hydrogen-bond acceptors (Lipinski definition) is 4. The maximum Gasteiger partial charge on any atom is 0.340 e. The number of benzene rings is 3. The number of amides is 2. The van der Waals surface area contributed by atoms with Crippen molar-refractivity contribution in [2.45, 2.75) is 0 Å². The van der Waals surface area contributed by atoms with Crippen molar-refractivity contribution in [3.63, 3.8) is 0 Å². The Hall–Kier alpha value is -3.35. The summed E-state index contributed by atoms with van der Waals surface area (Å²) in [6.45, 7) is -0.514. The van der Waals surface area contributed by atoms with Crippen LogP contribution in [0.25, 0.3) is 0 Å². The van der Waals surface area contributed by atoms with Crippen LogP contribution in [0.4, 0.5) is 11.4 Å². The van der Waals surface area contributed by atoms with Crippen molar-refractivity contribution in [3.8, 4) is 0 Å². The van der Waals surface area contributed by atoms with Crippen molar-refractivity contribution in [3.05, 3.63) is 94.0 Å². The number of anilines is 2. The summed E-state index contributed by atoms with van der Waals surface area (Å²) in [6, 6.07) is 19.6. The monoisotopic (exact) mass is 442 g/mol. The first kappa shape index (κ1) is 21.4. The zero-order valence-electron chi connectivity index (χ0n) is 15.5. The van der Waals surface area contributed by atoms with Crippen LogP contribution < -0.4 is 10.6 Å². The van der Waals surface area contributed by atoms with Gasteiger partial charge in [-0.3, -0.25) is 9.59 Å². The highest BCUT2D eigenvalue weighted by Gasteiger charge is 2.16. The third kappa shape index (κ3) is 5.59. The molecule has 3 aromatic rings. The highest BCUT2D eigenvalue weighted by molar-refractivity contribution is 6.42. The largest absolute Gasteiger partial charge is 0.452 e. The average molecular weight is 443 g/mol. The van der Waals surface area contributed by atoms with E-state index in [1.807, 2.05) is 0 Å². The minimum Gasteiger partial charge on any atom is -0.452 e. The van der Waals surface area contributed by atoms with Gasteiger partial charge in [0, 0.05) is 11.3 Å². The highest BCUT2D eigenvalue weighted by Crippen LogP contribution is 2.25. The zero-order chi connectivity index (χ0) is 21.5. The predicted molar refractivity (Wildman–Crippen MR) is 116 cm³/mol. The lowest BCUT2D eigenvalue weighted by molar-refractivity contribution is -0.119. The normalized spacial score (nSPS) is 10.2. The smallest absolute Gasteiger partial charge is 0.340 e. The molecular weight excluding hydrogens is 427 g/mol. The van der Waals surface area contributed by atoms with Gasteiger partial charge in [0.25, 0.3) is 11.8 Å².